The lowest BCUT2D eigenvalue weighted by Gasteiger charge is -2.39. The van der Waals surface area contributed by atoms with Gasteiger partial charge < -0.3 is 15.4 Å². The van der Waals surface area contributed by atoms with E-state index in [1.54, 1.807) is 0 Å². The predicted octanol–water partition coefficient (Wildman–Crippen LogP) is -0.575. The molecule has 0 bridgehead atoms. The first-order chi connectivity index (χ1) is 9.82. The van der Waals surface area contributed by atoms with Crippen LogP contribution >= 0.6 is 0 Å². The fraction of sp³-hybridized carbons (Fsp3) is 0.923. The van der Waals surface area contributed by atoms with Crippen LogP contribution in [-0.2, 0) is 19.6 Å². The molecule has 2 atom stereocenters. The van der Waals surface area contributed by atoms with E-state index in [1.165, 1.54) is 0 Å². The molecule has 2 unspecified atom stereocenters. The average Bonchev–Trinajstić information content (AvgIpc) is 2.85. The second kappa shape index (κ2) is 6.60. The fourth-order valence-electron chi connectivity index (χ4n) is 3.01. The van der Waals surface area contributed by atoms with Crippen LogP contribution in [0.1, 0.15) is 32.1 Å². The minimum absolute atomic E-state index is 0.0518. The minimum Gasteiger partial charge on any atom is -0.379 e. The third-order valence-electron chi connectivity index (χ3n) is 4.21. The van der Waals surface area contributed by atoms with Crippen molar-refractivity contribution in [1.82, 2.24) is 9.62 Å². The minimum atomic E-state index is -3.19. The molecule has 2 heterocycles. The molecule has 1 amide bonds. The Balaban J connectivity index is 1.96. The van der Waals surface area contributed by atoms with Crippen LogP contribution in [0, 0.1) is 0 Å². The van der Waals surface area contributed by atoms with Gasteiger partial charge in [-0.1, -0.05) is 0 Å². The maximum absolute atomic E-state index is 12.7. The molecule has 0 aromatic heterocycles. The van der Waals surface area contributed by atoms with Gasteiger partial charge >= 0.3 is 0 Å². The number of nitrogens with zero attached hydrogens (tertiary/aromatic N) is 1. The quantitative estimate of drug-likeness (QED) is 0.706. The maximum atomic E-state index is 12.7. The molecule has 2 fully saturated rings. The third-order valence-corrected chi connectivity index (χ3v) is 4.94. The first kappa shape index (κ1) is 16.7. The van der Waals surface area contributed by atoms with Gasteiger partial charge in [0.1, 0.15) is 5.54 Å². The topological polar surface area (TPSA) is 102 Å². The number of piperidine rings is 1. The van der Waals surface area contributed by atoms with Crippen molar-refractivity contribution in [3.63, 3.8) is 0 Å². The Morgan fingerprint density at radius 1 is 1.48 bits per heavy atom. The Bertz CT molecular complexity index is 474. The summed E-state index contributed by atoms with van der Waals surface area (Å²) < 4.78 is 30.0. The molecule has 0 saturated carbocycles. The zero-order chi connectivity index (χ0) is 15.5. The predicted molar refractivity (Wildman–Crippen MR) is 79.2 cm³/mol. The number of hydrogen-bond acceptors (Lipinski definition) is 5. The Morgan fingerprint density at radius 3 is 2.86 bits per heavy atom. The van der Waals surface area contributed by atoms with Gasteiger partial charge in [-0.2, -0.15) is 0 Å². The smallest absolute Gasteiger partial charge is 0.245 e. The van der Waals surface area contributed by atoms with Crippen LogP contribution in [0.15, 0.2) is 0 Å². The largest absolute Gasteiger partial charge is 0.379 e. The number of hydrogen-bond donors (Lipinski definition) is 2. The molecule has 0 radical (unpaired) electrons. The molecule has 21 heavy (non-hydrogen) atoms. The molecule has 2 rings (SSSR count). The van der Waals surface area contributed by atoms with E-state index in [4.69, 9.17) is 10.5 Å². The Kier molecular flexibility index (Phi) is 5.24. The number of carbonyl (C=O) groups is 1. The zero-order valence-electron chi connectivity index (χ0n) is 12.5. The summed E-state index contributed by atoms with van der Waals surface area (Å²) in [6, 6.07) is 0.0570. The summed E-state index contributed by atoms with van der Waals surface area (Å²) >= 11 is 0. The lowest BCUT2D eigenvalue weighted by molar-refractivity contribution is -0.140. The van der Waals surface area contributed by atoms with Crippen molar-refractivity contribution >= 4 is 15.9 Å². The SMILES string of the molecule is CS(=O)(=O)NCCC1CCCCN1C(=O)C1(N)CCOC1. The first-order valence-electron chi connectivity index (χ1n) is 7.44. The highest BCUT2D eigenvalue weighted by Crippen LogP contribution is 2.25. The van der Waals surface area contributed by atoms with Gasteiger partial charge in [-0.25, -0.2) is 13.1 Å². The molecule has 2 aliphatic heterocycles. The maximum Gasteiger partial charge on any atom is 0.245 e. The second-order valence-electron chi connectivity index (χ2n) is 6.06. The standard InChI is InChI=1S/C13H25N3O4S/c1-21(18,19)15-7-5-11-4-2-3-8-16(11)12(17)13(14)6-9-20-10-13/h11,15H,2-10,14H2,1H3. The van der Waals surface area contributed by atoms with Gasteiger partial charge in [0, 0.05) is 25.7 Å². The van der Waals surface area contributed by atoms with Gasteiger partial charge in [-0.3, -0.25) is 4.79 Å². The van der Waals surface area contributed by atoms with E-state index in [-0.39, 0.29) is 18.6 Å². The molecular weight excluding hydrogens is 294 g/mol. The van der Waals surface area contributed by atoms with Gasteiger partial charge in [0.25, 0.3) is 0 Å². The van der Waals surface area contributed by atoms with Gasteiger partial charge in [-0.15, -0.1) is 0 Å². The van der Waals surface area contributed by atoms with E-state index >= 15 is 0 Å². The molecule has 0 aliphatic carbocycles. The summed E-state index contributed by atoms with van der Waals surface area (Å²) in [5.41, 5.74) is 5.26. The van der Waals surface area contributed by atoms with Gasteiger partial charge in [0.05, 0.1) is 12.9 Å². The summed E-state index contributed by atoms with van der Waals surface area (Å²) in [5.74, 6) is -0.0518. The zero-order valence-corrected chi connectivity index (χ0v) is 13.3. The molecule has 122 valence electrons. The normalized spacial score (nSPS) is 30.6. The molecule has 0 aromatic carbocycles. The van der Waals surface area contributed by atoms with Crippen molar-refractivity contribution < 1.29 is 17.9 Å². The Hall–Kier alpha value is -0.700. The first-order valence-corrected chi connectivity index (χ1v) is 9.33. The summed E-state index contributed by atoms with van der Waals surface area (Å²) in [7, 11) is -3.19. The van der Waals surface area contributed by atoms with Crippen LogP contribution in [0.4, 0.5) is 0 Å². The number of nitrogens with two attached hydrogens (primary N) is 1. The van der Waals surface area contributed by atoms with Gasteiger partial charge in [0.2, 0.25) is 15.9 Å². The third kappa shape index (κ3) is 4.38. The van der Waals surface area contributed by atoms with Crippen molar-refractivity contribution in [2.24, 2.45) is 5.73 Å². The monoisotopic (exact) mass is 319 g/mol. The molecule has 2 aliphatic rings. The van der Waals surface area contributed by atoms with Gasteiger partial charge in [-0.05, 0) is 32.1 Å². The Labute approximate surface area is 126 Å². The molecular formula is C13H25N3O4S. The highest BCUT2D eigenvalue weighted by molar-refractivity contribution is 7.88. The van der Waals surface area contributed by atoms with Crippen LogP contribution < -0.4 is 10.5 Å². The Morgan fingerprint density at radius 2 is 2.24 bits per heavy atom. The summed E-state index contributed by atoms with van der Waals surface area (Å²) in [5, 5.41) is 0. The number of likely N-dealkylation sites (tertiary alicyclic amines) is 1. The average molecular weight is 319 g/mol. The van der Waals surface area contributed by atoms with E-state index in [0.29, 0.717) is 32.5 Å². The van der Waals surface area contributed by atoms with Crippen molar-refractivity contribution in [2.75, 3.05) is 32.6 Å². The molecule has 3 N–H and O–H groups in total. The van der Waals surface area contributed by atoms with Crippen molar-refractivity contribution in [2.45, 2.75) is 43.7 Å². The van der Waals surface area contributed by atoms with E-state index in [1.807, 2.05) is 4.90 Å². The van der Waals surface area contributed by atoms with E-state index in [0.717, 1.165) is 25.5 Å². The lowest BCUT2D eigenvalue weighted by Crippen LogP contribution is -2.59. The van der Waals surface area contributed by atoms with E-state index < -0.39 is 15.6 Å². The number of sulfonamides is 1. The van der Waals surface area contributed by atoms with Crippen molar-refractivity contribution in [1.29, 1.82) is 0 Å². The number of nitrogens with one attached hydrogen (secondary N) is 1. The summed E-state index contributed by atoms with van der Waals surface area (Å²) in [6.07, 6.45) is 5.24. The number of rotatable bonds is 5. The number of amides is 1. The van der Waals surface area contributed by atoms with Crippen LogP contribution in [0.5, 0.6) is 0 Å². The molecule has 7 nitrogen and oxygen atoms in total. The van der Waals surface area contributed by atoms with E-state index in [2.05, 4.69) is 4.72 Å². The van der Waals surface area contributed by atoms with E-state index in [9.17, 15) is 13.2 Å². The molecule has 2 saturated heterocycles. The van der Waals surface area contributed by atoms with Crippen molar-refractivity contribution in [3.8, 4) is 0 Å². The van der Waals surface area contributed by atoms with Crippen LogP contribution in [0.25, 0.3) is 0 Å². The lowest BCUT2D eigenvalue weighted by atomic mass is 9.93. The summed E-state index contributed by atoms with van der Waals surface area (Å²) in [6.45, 7) is 1.84. The highest BCUT2D eigenvalue weighted by Gasteiger charge is 2.43. The van der Waals surface area contributed by atoms with Crippen molar-refractivity contribution in [3.05, 3.63) is 0 Å². The molecule has 0 aromatic rings. The van der Waals surface area contributed by atoms with Crippen LogP contribution in [0.3, 0.4) is 0 Å². The van der Waals surface area contributed by atoms with Gasteiger partial charge in [0.15, 0.2) is 0 Å². The summed E-state index contributed by atoms with van der Waals surface area (Å²) in [4.78, 5) is 14.5. The molecule has 8 heteroatoms. The second-order valence-corrected chi connectivity index (χ2v) is 7.90. The highest BCUT2D eigenvalue weighted by atomic mass is 32.2. The number of carbonyl (C=O) groups excluding carboxylic acids is 1. The van der Waals surface area contributed by atoms with Crippen LogP contribution in [0.2, 0.25) is 0 Å². The fourth-order valence-corrected chi connectivity index (χ4v) is 3.50. The molecule has 0 spiro atoms. The number of ether oxygens (including phenoxy) is 1. The van der Waals surface area contributed by atoms with Crippen LogP contribution in [-0.4, -0.2) is 63.4 Å².